The minimum absolute atomic E-state index is 0.00163. The molecule has 6 heteroatoms. The summed E-state index contributed by atoms with van der Waals surface area (Å²) in [5.41, 5.74) is 1.56. The number of nitrogens with one attached hydrogen (secondary N) is 1. The summed E-state index contributed by atoms with van der Waals surface area (Å²) in [4.78, 5) is 27.6. The quantitative estimate of drug-likeness (QED) is 0.871. The molecule has 1 aliphatic rings. The lowest BCUT2D eigenvalue weighted by molar-refractivity contribution is -0.128. The molecular formula is C16H23N3O3. The van der Waals surface area contributed by atoms with Gasteiger partial charge in [-0.2, -0.15) is 0 Å². The lowest BCUT2D eigenvalue weighted by atomic mass is 10.1. The fraction of sp³-hybridized carbons (Fsp3) is 0.500. The van der Waals surface area contributed by atoms with Crippen LogP contribution < -0.4 is 10.2 Å². The first-order chi connectivity index (χ1) is 10.6. The van der Waals surface area contributed by atoms with Gasteiger partial charge in [0.25, 0.3) is 5.91 Å². The monoisotopic (exact) mass is 305 g/mol. The van der Waals surface area contributed by atoms with Crippen LogP contribution in [0.5, 0.6) is 0 Å². The Morgan fingerprint density at radius 1 is 1.23 bits per heavy atom. The van der Waals surface area contributed by atoms with Crippen molar-refractivity contribution >= 4 is 17.5 Å². The number of ether oxygens (including phenoxy) is 1. The summed E-state index contributed by atoms with van der Waals surface area (Å²) in [5, 5.41) is 2.82. The zero-order chi connectivity index (χ0) is 15.9. The zero-order valence-electron chi connectivity index (χ0n) is 13.2. The van der Waals surface area contributed by atoms with Gasteiger partial charge in [0.2, 0.25) is 5.91 Å². The molecule has 0 bridgehead atoms. The molecule has 22 heavy (non-hydrogen) atoms. The molecule has 1 N–H and O–H groups in total. The molecule has 1 heterocycles. The Kier molecular flexibility index (Phi) is 5.77. The van der Waals surface area contributed by atoms with Crippen LogP contribution in [0.3, 0.4) is 0 Å². The number of benzene rings is 1. The molecule has 6 nitrogen and oxygen atoms in total. The number of anilines is 1. The van der Waals surface area contributed by atoms with Gasteiger partial charge in [0, 0.05) is 45.8 Å². The molecule has 0 unspecified atom stereocenters. The van der Waals surface area contributed by atoms with Gasteiger partial charge in [0.05, 0.1) is 18.8 Å². The van der Waals surface area contributed by atoms with Gasteiger partial charge in [-0.3, -0.25) is 9.59 Å². The summed E-state index contributed by atoms with van der Waals surface area (Å²) in [6.07, 6.45) is 0.304. The van der Waals surface area contributed by atoms with Crippen molar-refractivity contribution in [2.24, 2.45) is 0 Å². The number of carbonyl (C=O) groups is 2. The highest BCUT2D eigenvalue weighted by molar-refractivity contribution is 6.00. The molecule has 0 saturated carbocycles. The highest BCUT2D eigenvalue weighted by atomic mass is 16.5. The molecule has 0 atom stereocenters. The van der Waals surface area contributed by atoms with Crippen LogP contribution in [0.15, 0.2) is 24.3 Å². The van der Waals surface area contributed by atoms with E-state index in [-0.39, 0.29) is 11.8 Å². The fourth-order valence-electron chi connectivity index (χ4n) is 2.35. The molecule has 0 aliphatic carbocycles. The van der Waals surface area contributed by atoms with Crippen molar-refractivity contribution in [3.05, 3.63) is 29.8 Å². The molecule has 0 spiro atoms. The predicted octanol–water partition coefficient (Wildman–Crippen LogP) is 0.731. The predicted molar refractivity (Wildman–Crippen MR) is 85.1 cm³/mol. The number of hydrogen-bond donors (Lipinski definition) is 1. The maximum atomic E-state index is 12.4. The van der Waals surface area contributed by atoms with Crippen molar-refractivity contribution in [3.63, 3.8) is 0 Å². The van der Waals surface area contributed by atoms with Crippen molar-refractivity contribution in [2.75, 3.05) is 51.8 Å². The van der Waals surface area contributed by atoms with Gasteiger partial charge in [0.1, 0.15) is 0 Å². The SMILES string of the molecule is CN(C)C(=O)CCNC(=O)c1ccccc1N1CCOCC1. The third kappa shape index (κ3) is 4.21. The Labute approximate surface area is 131 Å². The zero-order valence-corrected chi connectivity index (χ0v) is 13.2. The van der Waals surface area contributed by atoms with E-state index < -0.39 is 0 Å². The van der Waals surface area contributed by atoms with Gasteiger partial charge in [-0.15, -0.1) is 0 Å². The second kappa shape index (κ2) is 7.79. The average molecular weight is 305 g/mol. The summed E-state index contributed by atoms with van der Waals surface area (Å²) in [6.45, 7) is 3.25. The first-order valence-corrected chi connectivity index (χ1v) is 7.49. The maximum Gasteiger partial charge on any atom is 0.253 e. The first-order valence-electron chi connectivity index (χ1n) is 7.49. The van der Waals surface area contributed by atoms with Crippen molar-refractivity contribution in [3.8, 4) is 0 Å². The third-order valence-corrected chi connectivity index (χ3v) is 3.62. The van der Waals surface area contributed by atoms with Crippen LogP contribution in [0.1, 0.15) is 16.8 Å². The van der Waals surface area contributed by atoms with Gasteiger partial charge >= 0.3 is 0 Å². The number of para-hydroxylation sites is 1. The Morgan fingerprint density at radius 2 is 1.91 bits per heavy atom. The molecule has 2 rings (SSSR count). The standard InChI is InChI=1S/C16H23N3O3/c1-18(2)15(20)7-8-17-16(21)13-5-3-4-6-14(13)19-9-11-22-12-10-19/h3-6H,7-12H2,1-2H3,(H,17,21). The van der Waals surface area contributed by atoms with Crippen LogP contribution in [-0.2, 0) is 9.53 Å². The normalized spacial score (nSPS) is 14.5. The van der Waals surface area contributed by atoms with Crippen molar-refractivity contribution < 1.29 is 14.3 Å². The van der Waals surface area contributed by atoms with Gasteiger partial charge in [-0.25, -0.2) is 0 Å². The molecule has 2 amide bonds. The molecule has 1 saturated heterocycles. The van der Waals surface area contributed by atoms with Gasteiger partial charge in [-0.05, 0) is 12.1 Å². The highest BCUT2D eigenvalue weighted by Crippen LogP contribution is 2.21. The van der Waals surface area contributed by atoms with Gasteiger partial charge in [-0.1, -0.05) is 12.1 Å². The molecule has 120 valence electrons. The molecule has 0 radical (unpaired) electrons. The molecule has 1 aromatic rings. The lowest BCUT2D eigenvalue weighted by Crippen LogP contribution is -2.38. The molecule has 1 fully saturated rings. The first kappa shape index (κ1) is 16.3. The van der Waals surface area contributed by atoms with Gasteiger partial charge < -0.3 is 19.9 Å². The van der Waals surface area contributed by atoms with E-state index in [1.54, 1.807) is 14.1 Å². The summed E-state index contributed by atoms with van der Waals surface area (Å²) in [7, 11) is 3.41. The van der Waals surface area contributed by atoms with E-state index in [4.69, 9.17) is 4.74 Å². The Hall–Kier alpha value is -2.08. The Balaban J connectivity index is 1.98. The van der Waals surface area contributed by atoms with Crippen LogP contribution >= 0.6 is 0 Å². The Bertz CT molecular complexity index is 525. The van der Waals surface area contributed by atoms with Crippen LogP contribution in [0.4, 0.5) is 5.69 Å². The molecule has 0 aromatic heterocycles. The van der Waals surface area contributed by atoms with Gasteiger partial charge in [0.15, 0.2) is 0 Å². The maximum absolute atomic E-state index is 12.4. The topological polar surface area (TPSA) is 61.9 Å². The number of morpholine rings is 1. The fourth-order valence-corrected chi connectivity index (χ4v) is 2.35. The Morgan fingerprint density at radius 3 is 2.59 bits per heavy atom. The minimum atomic E-state index is -0.145. The molecular weight excluding hydrogens is 282 g/mol. The van der Waals surface area contributed by atoms with Crippen LogP contribution in [-0.4, -0.2) is 63.7 Å². The molecule has 1 aromatic carbocycles. The van der Waals surface area contributed by atoms with Crippen LogP contribution in [0.25, 0.3) is 0 Å². The lowest BCUT2D eigenvalue weighted by Gasteiger charge is -2.30. The summed E-state index contributed by atoms with van der Waals surface area (Å²) >= 11 is 0. The molecule has 1 aliphatic heterocycles. The number of amides is 2. The van der Waals surface area contributed by atoms with E-state index in [0.717, 1.165) is 18.8 Å². The van der Waals surface area contributed by atoms with Crippen LogP contribution in [0, 0.1) is 0 Å². The minimum Gasteiger partial charge on any atom is -0.378 e. The number of carbonyl (C=O) groups excluding carboxylic acids is 2. The van der Waals surface area contributed by atoms with Crippen molar-refractivity contribution in [1.29, 1.82) is 0 Å². The second-order valence-electron chi connectivity index (χ2n) is 5.41. The van der Waals surface area contributed by atoms with E-state index in [9.17, 15) is 9.59 Å². The van der Waals surface area contributed by atoms with Crippen LogP contribution in [0.2, 0.25) is 0 Å². The van der Waals surface area contributed by atoms with Crippen molar-refractivity contribution in [2.45, 2.75) is 6.42 Å². The van der Waals surface area contributed by atoms with E-state index in [2.05, 4.69) is 10.2 Å². The number of hydrogen-bond acceptors (Lipinski definition) is 4. The van der Waals surface area contributed by atoms with Crippen molar-refractivity contribution in [1.82, 2.24) is 10.2 Å². The highest BCUT2D eigenvalue weighted by Gasteiger charge is 2.18. The number of nitrogens with zero attached hydrogens (tertiary/aromatic N) is 2. The second-order valence-corrected chi connectivity index (χ2v) is 5.41. The van der Waals surface area contributed by atoms with E-state index in [0.29, 0.717) is 31.7 Å². The average Bonchev–Trinajstić information content (AvgIpc) is 2.55. The summed E-state index contributed by atoms with van der Waals surface area (Å²) in [5.74, 6) is -0.143. The third-order valence-electron chi connectivity index (χ3n) is 3.62. The number of rotatable bonds is 5. The smallest absolute Gasteiger partial charge is 0.253 e. The van der Waals surface area contributed by atoms with E-state index >= 15 is 0 Å². The van der Waals surface area contributed by atoms with E-state index in [1.807, 2.05) is 24.3 Å². The summed E-state index contributed by atoms with van der Waals surface area (Å²) in [6, 6.07) is 7.54. The summed E-state index contributed by atoms with van der Waals surface area (Å²) < 4.78 is 5.35. The largest absolute Gasteiger partial charge is 0.378 e. The van der Waals surface area contributed by atoms with E-state index in [1.165, 1.54) is 4.90 Å².